The fourth-order valence-corrected chi connectivity index (χ4v) is 2.13. The van der Waals surface area contributed by atoms with E-state index >= 15 is 0 Å². The number of rotatable bonds is 5. The third kappa shape index (κ3) is 5.17. The van der Waals surface area contributed by atoms with Crippen LogP contribution in [-0.2, 0) is 20.5 Å². The van der Waals surface area contributed by atoms with Gasteiger partial charge in [0.25, 0.3) is 0 Å². The number of hydrogen-bond donors (Lipinski definition) is 1. The number of nitrogens with one attached hydrogen (secondary N) is 1. The van der Waals surface area contributed by atoms with Gasteiger partial charge in [0.1, 0.15) is 0 Å². The summed E-state index contributed by atoms with van der Waals surface area (Å²) >= 11 is 0. The van der Waals surface area contributed by atoms with Gasteiger partial charge < -0.3 is 4.74 Å². The Kier molecular flexibility index (Phi) is 5.81. The van der Waals surface area contributed by atoms with E-state index in [-0.39, 0.29) is 23.1 Å². The van der Waals surface area contributed by atoms with Crippen molar-refractivity contribution in [2.24, 2.45) is 5.92 Å². The highest BCUT2D eigenvalue weighted by Gasteiger charge is 2.35. The van der Waals surface area contributed by atoms with Crippen molar-refractivity contribution in [2.45, 2.75) is 58.2 Å². The molecular formula is C12H25NO3S. The van der Waals surface area contributed by atoms with Gasteiger partial charge in [-0.1, -0.05) is 13.8 Å². The van der Waals surface area contributed by atoms with E-state index in [2.05, 4.69) is 9.46 Å². The van der Waals surface area contributed by atoms with Crippen molar-refractivity contribution in [2.75, 3.05) is 7.11 Å². The quantitative estimate of drug-likeness (QED) is 0.772. The zero-order valence-corrected chi connectivity index (χ0v) is 12.7. The number of ether oxygens (including phenoxy) is 1. The lowest BCUT2D eigenvalue weighted by Crippen LogP contribution is -2.52. The van der Waals surface area contributed by atoms with Gasteiger partial charge in [0.15, 0.2) is 0 Å². The van der Waals surface area contributed by atoms with E-state index in [1.54, 1.807) is 0 Å². The molecule has 4 nitrogen and oxygen atoms in total. The first-order chi connectivity index (χ1) is 7.53. The van der Waals surface area contributed by atoms with Gasteiger partial charge in [0, 0.05) is 5.54 Å². The van der Waals surface area contributed by atoms with Crippen LogP contribution in [-0.4, -0.2) is 27.6 Å². The molecule has 2 atom stereocenters. The largest absolute Gasteiger partial charge is 0.469 e. The molecule has 0 heterocycles. The van der Waals surface area contributed by atoms with Crippen molar-refractivity contribution in [3.05, 3.63) is 0 Å². The average molecular weight is 263 g/mol. The fraction of sp³-hybridized carbons (Fsp3) is 0.917. The summed E-state index contributed by atoms with van der Waals surface area (Å²) < 4.78 is 19.5. The van der Waals surface area contributed by atoms with Gasteiger partial charge in [-0.15, -0.1) is 0 Å². The molecule has 0 saturated heterocycles. The Morgan fingerprint density at radius 2 is 1.76 bits per heavy atom. The van der Waals surface area contributed by atoms with Crippen LogP contribution < -0.4 is 4.72 Å². The van der Waals surface area contributed by atoms with Crippen molar-refractivity contribution in [3.8, 4) is 0 Å². The van der Waals surface area contributed by atoms with Crippen molar-refractivity contribution >= 4 is 17.0 Å². The first kappa shape index (κ1) is 16.6. The first-order valence-corrected chi connectivity index (χ1v) is 6.94. The van der Waals surface area contributed by atoms with Crippen LogP contribution in [0, 0.1) is 5.92 Å². The highest BCUT2D eigenvalue weighted by Crippen LogP contribution is 2.24. The molecule has 0 saturated carbocycles. The second kappa shape index (κ2) is 5.96. The Hall–Kier alpha value is -0.420. The zero-order chi connectivity index (χ0) is 13.9. The predicted molar refractivity (Wildman–Crippen MR) is 70.9 cm³/mol. The molecule has 0 aliphatic heterocycles. The van der Waals surface area contributed by atoms with Gasteiger partial charge in [-0.3, -0.25) is 4.79 Å². The number of methoxy groups -OCH3 is 1. The predicted octanol–water partition coefficient (Wildman–Crippen LogP) is 2.02. The SMILES string of the molecule is COC(=O)CC(C)(NS(=O)C(C)(C)C)C(C)C. The lowest BCUT2D eigenvalue weighted by atomic mass is 9.86. The van der Waals surface area contributed by atoms with Crippen LogP contribution >= 0.6 is 0 Å². The number of carbonyl (C=O) groups is 1. The molecule has 0 aromatic heterocycles. The summed E-state index contributed by atoms with van der Waals surface area (Å²) in [6.07, 6.45) is 0.211. The molecule has 102 valence electrons. The molecular weight excluding hydrogens is 238 g/mol. The maximum Gasteiger partial charge on any atom is 0.307 e. The van der Waals surface area contributed by atoms with E-state index in [0.29, 0.717) is 0 Å². The van der Waals surface area contributed by atoms with E-state index < -0.39 is 16.5 Å². The van der Waals surface area contributed by atoms with Crippen LogP contribution in [0.5, 0.6) is 0 Å². The van der Waals surface area contributed by atoms with Crippen LogP contribution in [0.2, 0.25) is 0 Å². The van der Waals surface area contributed by atoms with Crippen molar-refractivity contribution in [1.29, 1.82) is 0 Å². The molecule has 0 bridgehead atoms. The van der Waals surface area contributed by atoms with Gasteiger partial charge in [-0.05, 0) is 33.6 Å². The van der Waals surface area contributed by atoms with Crippen molar-refractivity contribution in [3.63, 3.8) is 0 Å². The van der Waals surface area contributed by atoms with Crippen LogP contribution in [0.4, 0.5) is 0 Å². The van der Waals surface area contributed by atoms with Crippen molar-refractivity contribution in [1.82, 2.24) is 4.72 Å². The molecule has 2 unspecified atom stereocenters. The molecule has 0 aromatic carbocycles. The van der Waals surface area contributed by atoms with E-state index in [0.717, 1.165) is 0 Å². The maximum atomic E-state index is 12.1. The fourth-order valence-electron chi connectivity index (χ4n) is 1.09. The van der Waals surface area contributed by atoms with Gasteiger partial charge in [0.05, 0.1) is 29.3 Å². The summed E-state index contributed by atoms with van der Waals surface area (Å²) in [5, 5.41) is 0. The smallest absolute Gasteiger partial charge is 0.307 e. The lowest BCUT2D eigenvalue weighted by Gasteiger charge is -2.35. The lowest BCUT2D eigenvalue weighted by molar-refractivity contribution is -0.142. The highest BCUT2D eigenvalue weighted by atomic mass is 32.2. The zero-order valence-electron chi connectivity index (χ0n) is 11.9. The minimum atomic E-state index is -1.20. The molecule has 0 amide bonds. The Bertz CT molecular complexity index is 297. The van der Waals surface area contributed by atoms with Crippen molar-refractivity contribution < 1.29 is 13.7 Å². The van der Waals surface area contributed by atoms with Gasteiger partial charge in [-0.25, -0.2) is 8.93 Å². The Morgan fingerprint density at radius 1 is 1.29 bits per heavy atom. The summed E-state index contributed by atoms with van der Waals surface area (Å²) in [4.78, 5) is 11.4. The molecule has 0 aliphatic carbocycles. The molecule has 1 N–H and O–H groups in total. The average Bonchev–Trinajstić information content (AvgIpc) is 2.15. The molecule has 0 fully saturated rings. The summed E-state index contributed by atoms with van der Waals surface area (Å²) in [7, 11) is 0.161. The van der Waals surface area contributed by atoms with Crippen LogP contribution in [0.3, 0.4) is 0 Å². The van der Waals surface area contributed by atoms with Crippen LogP contribution in [0.15, 0.2) is 0 Å². The minimum Gasteiger partial charge on any atom is -0.469 e. The third-order valence-corrected chi connectivity index (χ3v) is 4.66. The molecule has 0 aromatic rings. The van der Waals surface area contributed by atoms with Crippen LogP contribution in [0.25, 0.3) is 0 Å². The van der Waals surface area contributed by atoms with Crippen LogP contribution in [0.1, 0.15) is 48.0 Å². The Labute approximate surface area is 107 Å². The van der Waals surface area contributed by atoms with E-state index in [4.69, 9.17) is 0 Å². The molecule has 0 spiro atoms. The van der Waals surface area contributed by atoms with E-state index in [1.807, 2.05) is 41.5 Å². The first-order valence-electron chi connectivity index (χ1n) is 5.79. The standard InChI is InChI=1S/C12H25NO3S/c1-9(2)12(6,8-10(14)16-7)13-17(15)11(3,4)5/h9,13H,8H2,1-7H3. The van der Waals surface area contributed by atoms with Gasteiger partial charge in [-0.2, -0.15) is 0 Å². The normalized spacial score (nSPS) is 17.6. The highest BCUT2D eigenvalue weighted by molar-refractivity contribution is 7.84. The minimum absolute atomic E-state index is 0.174. The van der Waals surface area contributed by atoms with E-state index in [9.17, 15) is 9.00 Å². The molecule has 0 radical (unpaired) electrons. The number of esters is 1. The molecule has 17 heavy (non-hydrogen) atoms. The Balaban J connectivity index is 4.86. The molecule has 0 rings (SSSR count). The summed E-state index contributed by atoms with van der Waals surface area (Å²) in [6.45, 7) is 11.6. The summed E-state index contributed by atoms with van der Waals surface area (Å²) in [5.74, 6) is -0.118. The topological polar surface area (TPSA) is 55.4 Å². The Morgan fingerprint density at radius 3 is 2.06 bits per heavy atom. The monoisotopic (exact) mass is 263 g/mol. The van der Waals surface area contributed by atoms with Gasteiger partial charge >= 0.3 is 5.97 Å². The summed E-state index contributed by atoms with van der Waals surface area (Å²) in [6, 6.07) is 0. The second-order valence-electron chi connectivity index (χ2n) is 5.81. The maximum absolute atomic E-state index is 12.1. The number of carbonyl (C=O) groups excluding carboxylic acids is 1. The third-order valence-electron chi connectivity index (χ3n) is 2.90. The van der Waals surface area contributed by atoms with E-state index in [1.165, 1.54) is 7.11 Å². The van der Waals surface area contributed by atoms with Gasteiger partial charge in [0.2, 0.25) is 0 Å². The molecule has 5 heteroatoms. The summed E-state index contributed by atoms with van der Waals surface area (Å²) in [5.41, 5.74) is -0.523. The second-order valence-corrected chi connectivity index (χ2v) is 7.77. The molecule has 0 aliphatic rings. The number of hydrogen-bond acceptors (Lipinski definition) is 3.